The number of methoxy groups -OCH3 is 1. The van der Waals surface area contributed by atoms with Gasteiger partial charge in [0.2, 0.25) is 0 Å². The molecule has 0 saturated carbocycles. The van der Waals surface area contributed by atoms with Crippen LogP contribution < -0.4 is 9.64 Å². The molecule has 0 radical (unpaired) electrons. The van der Waals surface area contributed by atoms with E-state index in [1.807, 2.05) is 29.2 Å². The van der Waals surface area contributed by atoms with E-state index in [4.69, 9.17) is 4.74 Å². The number of ether oxygens (including phenoxy) is 1. The maximum atomic E-state index is 12.6. The number of rotatable bonds is 2. The molecule has 2 aromatic carbocycles. The molecule has 1 aromatic heterocycles. The Bertz CT molecular complexity index is 853. The first-order valence-electron chi connectivity index (χ1n) is 6.72. The second-order valence-corrected chi connectivity index (χ2v) is 6.00. The predicted octanol–water partition coefficient (Wildman–Crippen LogP) is 4.07. The normalized spacial score (nSPS) is 13.8. The number of amides is 1. The topological polar surface area (TPSA) is 29.5 Å². The van der Waals surface area contributed by atoms with Gasteiger partial charge < -0.3 is 9.64 Å². The number of fused-ring (bicyclic) bond motifs is 2. The molecule has 3 nitrogen and oxygen atoms in total. The molecular formula is C17H13NO2S. The molecule has 21 heavy (non-hydrogen) atoms. The second-order valence-electron chi connectivity index (χ2n) is 5.06. The molecular weight excluding hydrogens is 282 g/mol. The third kappa shape index (κ3) is 1.91. The van der Waals surface area contributed by atoms with Gasteiger partial charge in [0.25, 0.3) is 5.91 Å². The molecule has 0 atom stereocenters. The second kappa shape index (κ2) is 4.60. The van der Waals surface area contributed by atoms with Gasteiger partial charge >= 0.3 is 0 Å². The van der Waals surface area contributed by atoms with Crippen LogP contribution in [0.4, 0.5) is 5.69 Å². The Balaban J connectivity index is 1.75. The van der Waals surface area contributed by atoms with E-state index in [2.05, 4.69) is 23.6 Å². The highest BCUT2D eigenvalue weighted by molar-refractivity contribution is 7.17. The molecule has 0 N–H and O–H groups in total. The highest BCUT2D eigenvalue weighted by Crippen LogP contribution is 2.33. The number of carbonyl (C=O) groups excluding carboxylic acids is 1. The van der Waals surface area contributed by atoms with Crippen molar-refractivity contribution in [2.75, 3.05) is 12.0 Å². The van der Waals surface area contributed by atoms with Crippen molar-refractivity contribution in [3.8, 4) is 5.75 Å². The van der Waals surface area contributed by atoms with Gasteiger partial charge in [-0.15, -0.1) is 11.3 Å². The zero-order valence-electron chi connectivity index (χ0n) is 11.5. The Labute approximate surface area is 126 Å². The van der Waals surface area contributed by atoms with Crippen LogP contribution in [0.15, 0.2) is 47.8 Å². The van der Waals surface area contributed by atoms with Gasteiger partial charge in [0.05, 0.1) is 13.7 Å². The number of hydrogen-bond donors (Lipinski definition) is 0. The Morgan fingerprint density at radius 1 is 1.14 bits per heavy atom. The number of benzene rings is 2. The van der Waals surface area contributed by atoms with Crippen molar-refractivity contribution in [3.05, 3.63) is 59.0 Å². The minimum absolute atomic E-state index is 0.0576. The molecule has 4 rings (SSSR count). The van der Waals surface area contributed by atoms with Gasteiger partial charge in [-0.1, -0.05) is 0 Å². The summed E-state index contributed by atoms with van der Waals surface area (Å²) in [5.74, 6) is 0.846. The van der Waals surface area contributed by atoms with Crippen LogP contribution in [-0.2, 0) is 6.54 Å². The van der Waals surface area contributed by atoms with Crippen LogP contribution in [0.3, 0.4) is 0 Å². The molecule has 2 heterocycles. The van der Waals surface area contributed by atoms with Crippen molar-refractivity contribution in [2.45, 2.75) is 6.54 Å². The average molecular weight is 295 g/mol. The third-order valence-electron chi connectivity index (χ3n) is 3.86. The van der Waals surface area contributed by atoms with Crippen LogP contribution in [0.1, 0.15) is 15.9 Å². The van der Waals surface area contributed by atoms with Gasteiger partial charge in [-0.3, -0.25) is 4.79 Å². The number of nitrogens with zero attached hydrogens (tertiary/aromatic N) is 1. The van der Waals surface area contributed by atoms with Crippen molar-refractivity contribution >= 4 is 33.0 Å². The first-order valence-corrected chi connectivity index (χ1v) is 7.60. The van der Waals surface area contributed by atoms with Crippen LogP contribution in [0.5, 0.6) is 5.75 Å². The largest absolute Gasteiger partial charge is 0.497 e. The Hall–Kier alpha value is -2.33. The number of thiophene rings is 1. The van der Waals surface area contributed by atoms with E-state index in [9.17, 15) is 4.79 Å². The van der Waals surface area contributed by atoms with Crippen molar-refractivity contribution in [2.24, 2.45) is 0 Å². The minimum atomic E-state index is 0.0576. The molecule has 0 spiro atoms. The summed E-state index contributed by atoms with van der Waals surface area (Å²) in [6, 6.07) is 13.9. The highest BCUT2D eigenvalue weighted by Gasteiger charge is 2.28. The molecule has 0 aliphatic carbocycles. The Morgan fingerprint density at radius 2 is 2.05 bits per heavy atom. The summed E-state index contributed by atoms with van der Waals surface area (Å²) in [6.07, 6.45) is 0. The Morgan fingerprint density at radius 3 is 2.90 bits per heavy atom. The van der Waals surface area contributed by atoms with Crippen LogP contribution >= 0.6 is 11.3 Å². The summed E-state index contributed by atoms with van der Waals surface area (Å²) < 4.78 is 6.47. The van der Waals surface area contributed by atoms with Crippen LogP contribution in [-0.4, -0.2) is 13.0 Å². The monoisotopic (exact) mass is 295 g/mol. The molecule has 4 heteroatoms. The summed E-state index contributed by atoms with van der Waals surface area (Å²) in [4.78, 5) is 14.4. The molecule has 0 unspecified atom stereocenters. The van der Waals surface area contributed by atoms with Gasteiger partial charge in [-0.05, 0) is 58.8 Å². The Kier molecular flexibility index (Phi) is 2.72. The summed E-state index contributed by atoms with van der Waals surface area (Å²) in [5, 5.41) is 3.25. The van der Waals surface area contributed by atoms with Crippen molar-refractivity contribution < 1.29 is 9.53 Å². The van der Waals surface area contributed by atoms with Crippen LogP contribution in [0.2, 0.25) is 0 Å². The van der Waals surface area contributed by atoms with Crippen molar-refractivity contribution in [3.63, 3.8) is 0 Å². The maximum Gasteiger partial charge on any atom is 0.258 e. The highest BCUT2D eigenvalue weighted by atomic mass is 32.1. The summed E-state index contributed by atoms with van der Waals surface area (Å²) in [7, 11) is 1.64. The van der Waals surface area contributed by atoms with E-state index < -0.39 is 0 Å². The van der Waals surface area contributed by atoms with Crippen molar-refractivity contribution in [1.29, 1.82) is 0 Å². The van der Waals surface area contributed by atoms with E-state index in [0.717, 1.165) is 22.6 Å². The fraction of sp³-hybridized carbons (Fsp3) is 0.118. The van der Waals surface area contributed by atoms with E-state index in [0.29, 0.717) is 6.54 Å². The van der Waals surface area contributed by atoms with Crippen LogP contribution in [0.25, 0.3) is 10.1 Å². The maximum absolute atomic E-state index is 12.6. The average Bonchev–Trinajstić information content (AvgIpc) is 3.10. The van der Waals surface area contributed by atoms with E-state index in [1.54, 1.807) is 18.4 Å². The van der Waals surface area contributed by atoms with Gasteiger partial charge in [0, 0.05) is 16.0 Å². The molecule has 3 aromatic rings. The molecule has 0 bridgehead atoms. The lowest BCUT2D eigenvalue weighted by molar-refractivity contribution is 0.0996. The summed E-state index contributed by atoms with van der Waals surface area (Å²) in [5.41, 5.74) is 2.73. The summed E-state index contributed by atoms with van der Waals surface area (Å²) >= 11 is 1.71. The van der Waals surface area contributed by atoms with Gasteiger partial charge in [-0.25, -0.2) is 0 Å². The lowest BCUT2D eigenvalue weighted by Gasteiger charge is -2.15. The third-order valence-corrected chi connectivity index (χ3v) is 4.76. The molecule has 1 aliphatic heterocycles. The van der Waals surface area contributed by atoms with E-state index in [1.165, 1.54) is 10.1 Å². The van der Waals surface area contributed by atoms with Crippen molar-refractivity contribution in [1.82, 2.24) is 0 Å². The lowest BCUT2D eigenvalue weighted by atomic mass is 10.1. The van der Waals surface area contributed by atoms with E-state index >= 15 is 0 Å². The first-order chi connectivity index (χ1) is 10.3. The molecule has 104 valence electrons. The molecule has 1 aliphatic rings. The van der Waals surface area contributed by atoms with Gasteiger partial charge in [0.15, 0.2) is 0 Å². The number of anilines is 1. The molecule has 1 amide bonds. The number of hydrogen-bond acceptors (Lipinski definition) is 3. The fourth-order valence-electron chi connectivity index (χ4n) is 2.75. The van der Waals surface area contributed by atoms with E-state index in [-0.39, 0.29) is 5.91 Å². The molecule has 0 saturated heterocycles. The smallest absolute Gasteiger partial charge is 0.258 e. The quantitative estimate of drug-likeness (QED) is 0.713. The zero-order valence-corrected chi connectivity index (χ0v) is 12.3. The fourth-order valence-corrected chi connectivity index (χ4v) is 3.53. The van der Waals surface area contributed by atoms with Crippen LogP contribution in [0, 0.1) is 0 Å². The molecule has 0 fully saturated rings. The minimum Gasteiger partial charge on any atom is -0.497 e. The predicted molar refractivity (Wildman–Crippen MR) is 85.3 cm³/mol. The number of carbonyl (C=O) groups is 1. The SMILES string of the molecule is COc1ccc2c(c1)CN(c1ccc3sccc3c1)C2=O. The van der Waals surface area contributed by atoms with Gasteiger partial charge in [0.1, 0.15) is 5.75 Å². The summed E-state index contributed by atoms with van der Waals surface area (Å²) in [6.45, 7) is 0.598. The first kappa shape index (κ1) is 12.4. The van der Waals surface area contributed by atoms with Gasteiger partial charge in [-0.2, -0.15) is 0 Å². The zero-order chi connectivity index (χ0) is 14.4. The standard InChI is InChI=1S/C17H13NO2S/c1-20-14-3-4-15-12(9-14)10-18(17(15)19)13-2-5-16-11(8-13)6-7-21-16/h2-9H,10H2,1H3. The lowest BCUT2D eigenvalue weighted by Crippen LogP contribution is -2.22.